The molecule has 2 atom stereocenters. The molecule has 0 spiro atoms. The molecule has 1 saturated heterocycles. The molecule has 0 unspecified atom stereocenters. The van der Waals surface area contributed by atoms with E-state index in [1.807, 2.05) is 0 Å². The summed E-state index contributed by atoms with van der Waals surface area (Å²) in [5.74, 6) is 0.743. The molecule has 1 aromatic carbocycles. The molecule has 10 nitrogen and oxygen atoms in total. The summed E-state index contributed by atoms with van der Waals surface area (Å²) in [4.78, 5) is 15.7. The molecule has 0 bridgehead atoms. The second-order valence-electron chi connectivity index (χ2n) is 6.36. The van der Waals surface area contributed by atoms with Crippen molar-refractivity contribution in [3.05, 3.63) is 29.9 Å². The molecule has 11 heteroatoms. The lowest BCUT2D eigenvalue weighted by Crippen LogP contribution is -2.32. The third kappa shape index (κ3) is 3.17. The Morgan fingerprint density at radius 2 is 2.19 bits per heavy atom. The first kappa shape index (κ1) is 17.9. The van der Waals surface area contributed by atoms with Crippen LogP contribution in [-0.4, -0.2) is 55.1 Å². The zero-order valence-corrected chi connectivity index (χ0v) is 15.5. The van der Waals surface area contributed by atoms with E-state index in [-0.39, 0.29) is 35.9 Å². The average molecular weight is 394 g/mol. The standard InChI is InChI=1S/C16H18N4O6S/c1-9-17-16(26-19-9)13-5-10(24-2)7-20(13)27(22,23)11-3-4-14-12(6-11)18-15(21)8-25-14/h3-4,6,10,13H,5,7-8H2,1-2H3,(H,18,21)/t10-,13+/m0/s1. The summed E-state index contributed by atoms with van der Waals surface area (Å²) < 4.78 is 43.7. The molecule has 2 aromatic rings. The summed E-state index contributed by atoms with van der Waals surface area (Å²) >= 11 is 0. The summed E-state index contributed by atoms with van der Waals surface area (Å²) in [6, 6.07) is 3.74. The normalized spacial score (nSPS) is 23.0. The van der Waals surface area contributed by atoms with Crippen LogP contribution < -0.4 is 10.1 Å². The van der Waals surface area contributed by atoms with Gasteiger partial charge in [-0.25, -0.2) is 8.42 Å². The van der Waals surface area contributed by atoms with Crippen LogP contribution >= 0.6 is 0 Å². The molecule has 1 amide bonds. The third-order valence-electron chi connectivity index (χ3n) is 4.57. The van der Waals surface area contributed by atoms with E-state index in [4.69, 9.17) is 14.0 Å². The Kier molecular flexibility index (Phi) is 4.36. The van der Waals surface area contributed by atoms with E-state index in [0.717, 1.165) is 0 Å². The van der Waals surface area contributed by atoms with Gasteiger partial charge in [0.05, 0.1) is 16.7 Å². The van der Waals surface area contributed by atoms with Gasteiger partial charge in [-0.3, -0.25) is 4.79 Å². The molecule has 2 aliphatic heterocycles. The van der Waals surface area contributed by atoms with E-state index < -0.39 is 16.1 Å². The van der Waals surface area contributed by atoms with E-state index in [9.17, 15) is 13.2 Å². The Balaban J connectivity index is 1.71. The van der Waals surface area contributed by atoms with Crippen LogP contribution in [0.5, 0.6) is 5.75 Å². The highest BCUT2D eigenvalue weighted by Crippen LogP contribution is 2.38. The average Bonchev–Trinajstić information content (AvgIpc) is 3.27. The van der Waals surface area contributed by atoms with Crippen molar-refractivity contribution < 1.29 is 27.2 Å². The lowest BCUT2D eigenvalue weighted by atomic mass is 10.2. The fourth-order valence-corrected chi connectivity index (χ4v) is 4.89. The Hall–Kier alpha value is -2.50. The predicted octanol–water partition coefficient (Wildman–Crippen LogP) is 0.860. The largest absolute Gasteiger partial charge is 0.482 e. The van der Waals surface area contributed by atoms with Crippen LogP contribution in [0.3, 0.4) is 0 Å². The van der Waals surface area contributed by atoms with Crippen molar-refractivity contribution in [3.8, 4) is 5.75 Å². The maximum absolute atomic E-state index is 13.3. The van der Waals surface area contributed by atoms with Crippen LogP contribution in [0.25, 0.3) is 0 Å². The minimum Gasteiger partial charge on any atom is -0.482 e. The predicted molar refractivity (Wildman–Crippen MR) is 91.6 cm³/mol. The van der Waals surface area contributed by atoms with Gasteiger partial charge >= 0.3 is 0 Å². The number of nitrogens with one attached hydrogen (secondary N) is 1. The number of ether oxygens (including phenoxy) is 2. The van der Waals surface area contributed by atoms with Crippen LogP contribution in [0.1, 0.15) is 24.2 Å². The summed E-state index contributed by atoms with van der Waals surface area (Å²) in [6.45, 7) is 1.73. The smallest absolute Gasteiger partial charge is 0.262 e. The number of aryl methyl sites for hydroxylation is 1. The van der Waals surface area contributed by atoms with Crippen LogP contribution in [0.15, 0.2) is 27.6 Å². The number of amides is 1. The van der Waals surface area contributed by atoms with E-state index in [2.05, 4.69) is 15.5 Å². The molecule has 1 N–H and O–H groups in total. The molecule has 4 rings (SSSR count). The Morgan fingerprint density at radius 3 is 2.89 bits per heavy atom. The molecular weight excluding hydrogens is 376 g/mol. The van der Waals surface area contributed by atoms with Crippen molar-refractivity contribution in [1.29, 1.82) is 0 Å². The van der Waals surface area contributed by atoms with E-state index >= 15 is 0 Å². The van der Waals surface area contributed by atoms with Crippen molar-refractivity contribution in [2.45, 2.75) is 30.4 Å². The van der Waals surface area contributed by atoms with Gasteiger partial charge in [-0.1, -0.05) is 5.16 Å². The second kappa shape index (κ2) is 6.59. The van der Waals surface area contributed by atoms with E-state index in [0.29, 0.717) is 23.7 Å². The number of nitrogens with zero attached hydrogens (tertiary/aromatic N) is 3. The first-order valence-electron chi connectivity index (χ1n) is 8.30. The molecule has 2 aliphatic rings. The van der Waals surface area contributed by atoms with Crippen LogP contribution in [-0.2, 0) is 19.6 Å². The Morgan fingerprint density at radius 1 is 1.37 bits per heavy atom. The number of sulfonamides is 1. The van der Waals surface area contributed by atoms with Gasteiger partial charge in [0.25, 0.3) is 5.91 Å². The van der Waals surface area contributed by atoms with Gasteiger partial charge < -0.3 is 19.3 Å². The molecule has 0 saturated carbocycles. The number of carbonyl (C=O) groups excluding carboxylic acids is 1. The summed E-state index contributed by atoms with van der Waals surface area (Å²) in [5.41, 5.74) is 0.319. The summed E-state index contributed by atoms with van der Waals surface area (Å²) in [7, 11) is -2.37. The molecule has 0 aliphatic carbocycles. The molecule has 1 fully saturated rings. The summed E-state index contributed by atoms with van der Waals surface area (Å²) in [6.07, 6.45) is 0.111. The van der Waals surface area contributed by atoms with Gasteiger partial charge in [0, 0.05) is 20.1 Å². The van der Waals surface area contributed by atoms with Gasteiger partial charge in [-0.2, -0.15) is 9.29 Å². The van der Waals surface area contributed by atoms with Gasteiger partial charge in [0.2, 0.25) is 15.9 Å². The Labute approximate surface area is 155 Å². The highest BCUT2D eigenvalue weighted by molar-refractivity contribution is 7.89. The van der Waals surface area contributed by atoms with Gasteiger partial charge in [0.15, 0.2) is 12.4 Å². The monoisotopic (exact) mass is 394 g/mol. The second-order valence-corrected chi connectivity index (χ2v) is 8.25. The number of fused-ring (bicyclic) bond motifs is 1. The number of methoxy groups -OCH3 is 1. The number of aromatic nitrogens is 2. The van der Waals surface area contributed by atoms with Crippen molar-refractivity contribution in [2.75, 3.05) is 25.6 Å². The number of carbonyl (C=O) groups is 1. The number of hydrogen-bond donors (Lipinski definition) is 1. The van der Waals surface area contributed by atoms with Gasteiger partial charge in [0.1, 0.15) is 11.8 Å². The van der Waals surface area contributed by atoms with Crippen molar-refractivity contribution in [3.63, 3.8) is 0 Å². The SMILES string of the molecule is CO[C@H]1C[C@H](c2nc(C)no2)N(S(=O)(=O)c2ccc3c(c2)NC(=O)CO3)C1. The zero-order chi connectivity index (χ0) is 19.2. The maximum atomic E-state index is 13.3. The lowest BCUT2D eigenvalue weighted by Gasteiger charge is -2.23. The van der Waals surface area contributed by atoms with Gasteiger partial charge in [-0.15, -0.1) is 0 Å². The van der Waals surface area contributed by atoms with Crippen LogP contribution in [0.2, 0.25) is 0 Å². The fourth-order valence-electron chi connectivity index (χ4n) is 3.24. The van der Waals surface area contributed by atoms with Crippen LogP contribution in [0.4, 0.5) is 5.69 Å². The molecule has 27 heavy (non-hydrogen) atoms. The third-order valence-corrected chi connectivity index (χ3v) is 6.44. The maximum Gasteiger partial charge on any atom is 0.262 e. The zero-order valence-electron chi connectivity index (χ0n) is 14.7. The minimum absolute atomic E-state index is 0.0324. The highest BCUT2D eigenvalue weighted by atomic mass is 32.2. The lowest BCUT2D eigenvalue weighted by molar-refractivity contribution is -0.118. The van der Waals surface area contributed by atoms with E-state index in [1.54, 1.807) is 6.92 Å². The molecular formula is C16H18N4O6S. The number of anilines is 1. The molecule has 1 aromatic heterocycles. The molecule has 3 heterocycles. The fraction of sp³-hybridized carbons (Fsp3) is 0.438. The first-order chi connectivity index (χ1) is 12.9. The topological polar surface area (TPSA) is 124 Å². The minimum atomic E-state index is -3.90. The van der Waals surface area contributed by atoms with Crippen molar-refractivity contribution >= 4 is 21.6 Å². The number of benzene rings is 1. The molecule has 144 valence electrons. The first-order valence-corrected chi connectivity index (χ1v) is 9.74. The number of hydrogen-bond acceptors (Lipinski definition) is 8. The van der Waals surface area contributed by atoms with Crippen molar-refractivity contribution in [2.24, 2.45) is 0 Å². The molecule has 0 radical (unpaired) electrons. The van der Waals surface area contributed by atoms with Gasteiger partial charge in [-0.05, 0) is 25.1 Å². The number of rotatable bonds is 4. The Bertz CT molecular complexity index is 989. The van der Waals surface area contributed by atoms with E-state index in [1.165, 1.54) is 29.6 Å². The summed E-state index contributed by atoms with van der Waals surface area (Å²) in [5, 5.41) is 6.37. The quantitative estimate of drug-likeness (QED) is 0.810. The highest BCUT2D eigenvalue weighted by Gasteiger charge is 2.44. The van der Waals surface area contributed by atoms with Crippen LogP contribution in [0, 0.1) is 6.92 Å². The van der Waals surface area contributed by atoms with Crippen molar-refractivity contribution in [1.82, 2.24) is 14.4 Å².